The van der Waals surface area contributed by atoms with Crippen LogP contribution in [0.2, 0.25) is 0 Å². The molecule has 0 aromatic rings. The van der Waals surface area contributed by atoms with Crippen molar-refractivity contribution < 1.29 is 19.5 Å². The van der Waals surface area contributed by atoms with E-state index < -0.39 is 11.4 Å². The summed E-state index contributed by atoms with van der Waals surface area (Å²) in [5, 5.41) is 9.08. The minimum absolute atomic E-state index is 0. The maximum Gasteiger partial charge on any atom is 0.303 e. The lowest BCUT2D eigenvalue weighted by Crippen LogP contribution is -2.52. The zero-order chi connectivity index (χ0) is 17.7. The molecule has 3 saturated carbocycles. The lowest BCUT2D eigenvalue weighted by Gasteiger charge is -2.55. The second-order valence-electron chi connectivity index (χ2n) is 8.93. The Balaban J connectivity index is 0.00000225. The Labute approximate surface area is 151 Å². The van der Waals surface area contributed by atoms with Crippen LogP contribution in [0.4, 0.5) is 0 Å². The summed E-state index contributed by atoms with van der Waals surface area (Å²) < 4.78 is 0. The molecule has 0 aromatic carbocycles. The van der Waals surface area contributed by atoms with Gasteiger partial charge in [0.15, 0.2) is 0 Å². The smallest absolute Gasteiger partial charge is 0.303 e. The number of aliphatic carboxylic acids is 1. The van der Waals surface area contributed by atoms with E-state index in [0.29, 0.717) is 36.4 Å². The van der Waals surface area contributed by atoms with Crippen LogP contribution in [0, 0.1) is 34.5 Å². The van der Waals surface area contributed by atoms with Gasteiger partial charge in [-0.3, -0.25) is 14.4 Å². The first-order chi connectivity index (χ1) is 11.2. The Morgan fingerprint density at radius 1 is 1.12 bits per heavy atom. The van der Waals surface area contributed by atoms with Crippen molar-refractivity contribution in [3.8, 4) is 0 Å². The minimum Gasteiger partial charge on any atom is -0.481 e. The molecular weight excluding hydrogens is 316 g/mol. The number of carboxylic acid groups (broad SMARTS) is 1. The molecular formula is C21H34O4. The molecule has 0 heterocycles. The Hall–Kier alpha value is -1.19. The van der Waals surface area contributed by atoms with Crippen molar-refractivity contribution in [3.05, 3.63) is 0 Å². The SMILES string of the molecule is C.CC(=O)C1CCC2C3CCC(=O)C(C)(CCC(=O)O)C3CCC12C. The van der Waals surface area contributed by atoms with E-state index in [4.69, 9.17) is 5.11 Å². The van der Waals surface area contributed by atoms with Crippen molar-refractivity contribution in [2.75, 3.05) is 0 Å². The van der Waals surface area contributed by atoms with Gasteiger partial charge in [0.05, 0.1) is 0 Å². The Morgan fingerprint density at radius 2 is 1.80 bits per heavy atom. The second kappa shape index (κ2) is 6.85. The van der Waals surface area contributed by atoms with Crippen molar-refractivity contribution in [3.63, 3.8) is 0 Å². The first-order valence-electron chi connectivity index (χ1n) is 9.45. The third kappa shape index (κ3) is 3.06. The molecule has 3 fully saturated rings. The molecule has 0 aliphatic heterocycles. The van der Waals surface area contributed by atoms with E-state index in [1.54, 1.807) is 6.92 Å². The molecule has 4 heteroatoms. The molecule has 3 aliphatic carbocycles. The van der Waals surface area contributed by atoms with Crippen LogP contribution < -0.4 is 0 Å². The average molecular weight is 350 g/mol. The monoisotopic (exact) mass is 350 g/mol. The number of carbonyl (C=O) groups excluding carboxylic acids is 2. The topological polar surface area (TPSA) is 71.4 Å². The summed E-state index contributed by atoms with van der Waals surface area (Å²) in [5.41, 5.74) is -0.405. The van der Waals surface area contributed by atoms with Gasteiger partial charge in [0.2, 0.25) is 0 Å². The number of carboxylic acids is 1. The van der Waals surface area contributed by atoms with Crippen LogP contribution in [0.15, 0.2) is 0 Å². The fraction of sp³-hybridized carbons (Fsp3) is 0.857. The Kier molecular flexibility index (Phi) is 5.51. The maximum absolute atomic E-state index is 12.7. The number of carbonyl (C=O) groups is 3. The fourth-order valence-corrected chi connectivity index (χ4v) is 6.63. The van der Waals surface area contributed by atoms with Gasteiger partial charge in [-0.1, -0.05) is 21.3 Å². The van der Waals surface area contributed by atoms with E-state index in [-0.39, 0.29) is 31.0 Å². The summed E-state index contributed by atoms with van der Waals surface area (Å²) in [6, 6.07) is 0. The van der Waals surface area contributed by atoms with Gasteiger partial charge in [-0.05, 0) is 68.6 Å². The first kappa shape index (κ1) is 20.1. The molecule has 1 N–H and O–H groups in total. The molecule has 4 nitrogen and oxygen atoms in total. The van der Waals surface area contributed by atoms with Crippen LogP contribution in [-0.4, -0.2) is 22.6 Å². The molecule has 0 bridgehead atoms. The highest BCUT2D eigenvalue weighted by molar-refractivity contribution is 5.86. The lowest BCUT2D eigenvalue weighted by molar-refractivity contribution is -0.149. The quantitative estimate of drug-likeness (QED) is 0.810. The highest BCUT2D eigenvalue weighted by Crippen LogP contribution is 2.64. The van der Waals surface area contributed by atoms with Crippen LogP contribution in [0.5, 0.6) is 0 Å². The number of ketones is 2. The molecule has 3 rings (SSSR count). The van der Waals surface area contributed by atoms with Crippen molar-refractivity contribution in [2.24, 2.45) is 34.5 Å². The highest BCUT2D eigenvalue weighted by atomic mass is 16.4. The van der Waals surface area contributed by atoms with E-state index in [9.17, 15) is 14.4 Å². The van der Waals surface area contributed by atoms with Crippen LogP contribution in [-0.2, 0) is 14.4 Å². The summed E-state index contributed by atoms with van der Waals surface area (Å²) in [6.45, 7) is 6.03. The standard InChI is InChI=1S/C20H30O4.CH4/c1-12(21)14-5-6-15-13-4-7-17(22)20(3,11-9-18(23)24)16(13)8-10-19(14,15)2;/h13-16H,4-11H2,1-3H3,(H,23,24);1H4. The van der Waals surface area contributed by atoms with Gasteiger partial charge in [-0.15, -0.1) is 0 Å². The molecule has 0 spiro atoms. The zero-order valence-electron chi connectivity index (χ0n) is 15.1. The van der Waals surface area contributed by atoms with Crippen LogP contribution in [0.3, 0.4) is 0 Å². The van der Waals surface area contributed by atoms with E-state index in [1.807, 2.05) is 6.92 Å². The van der Waals surface area contributed by atoms with Crippen LogP contribution in [0.1, 0.15) is 79.6 Å². The highest BCUT2D eigenvalue weighted by Gasteiger charge is 2.60. The van der Waals surface area contributed by atoms with Crippen LogP contribution in [0.25, 0.3) is 0 Å². The van der Waals surface area contributed by atoms with Crippen molar-refractivity contribution >= 4 is 17.5 Å². The minimum atomic E-state index is -0.815. The average Bonchev–Trinajstić information content (AvgIpc) is 2.86. The largest absolute Gasteiger partial charge is 0.481 e. The number of rotatable bonds is 4. The van der Waals surface area contributed by atoms with Gasteiger partial charge in [0, 0.05) is 24.2 Å². The summed E-state index contributed by atoms with van der Waals surface area (Å²) in [5.74, 6) is 1.22. The van der Waals surface area contributed by atoms with Crippen molar-refractivity contribution in [1.29, 1.82) is 0 Å². The third-order valence-electron chi connectivity index (χ3n) is 7.95. The maximum atomic E-state index is 12.7. The second-order valence-corrected chi connectivity index (χ2v) is 8.93. The Morgan fingerprint density at radius 3 is 2.40 bits per heavy atom. The van der Waals surface area contributed by atoms with Gasteiger partial charge in [-0.25, -0.2) is 0 Å². The van der Waals surface area contributed by atoms with Gasteiger partial charge >= 0.3 is 5.97 Å². The Bertz CT molecular complexity index is 568. The van der Waals surface area contributed by atoms with Crippen LogP contribution >= 0.6 is 0 Å². The van der Waals surface area contributed by atoms with E-state index in [1.165, 1.54) is 0 Å². The number of Topliss-reactive ketones (excluding diaryl/α,β-unsaturated/α-hetero) is 2. The molecule has 3 aliphatic rings. The molecule has 6 atom stereocenters. The molecule has 25 heavy (non-hydrogen) atoms. The number of fused-ring (bicyclic) bond motifs is 3. The molecule has 0 aromatic heterocycles. The predicted octanol–water partition coefficient (Wildman–Crippen LogP) is 4.50. The zero-order valence-corrected chi connectivity index (χ0v) is 15.1. The number of hydrogen-bond acceptors (Lipinski definition) is 3. The van der Waals surface area contributed by atoms with E-state index >= 15 is 0 Å². The molecule has 142 valence electrons. The van der Waals surface area contributed by atoms with Gasteiger partial charge in [0.25, 0.3) is 0 Å². The summed E-state index contributed by atoms with van der Waals surface area (Å²) >= 11 is 0. The normalized spacial score (nSPS) is 42.9. The number of hydrogen-bond donors (Lipinski definition) is 1. The summed E-state index contributed by atoms with van der Waals surface area (Å²) in [7, 11) is 0. The first-order valence-corrected chi connectivity index (χ1v) is 9.45. The van der Waals surface area contributed by atoms with Gasteiger partial charge in [-0.2, -0.15) is 0 Å². The lowest BCUT2D eigenvalue weighted by atomic mass is 9.48. The van der Waals surface area contributed by atoms with Crippen molar-refractivity contribution in [1.82, 2.24) is 0 Å². The molecule has 0 radical (unpaired) electrons. The van der Waals surface area contributed by atoms with Crippen molar-refractivity contribution in [2.45, 2.75) is 79.6 Å². The molecule has 0 amide bonds. The van der Waals surface area contributed by atoms with Gasteiger partial charge < -0.3 is 5.11 Å². The van der Waals surface area contributed by atoms with E-state index in [0.717, 1.165) is 32.1 Å². The third-order valence-corrected chi connectivity index (χ3v) is 7.95. The van der Waals surface area contributed by atoms with Gasteiger partial charge in [0.1, 0.15) is 11.6 Å². The molecule has 0 saturated heterocycles. The summed E-state index contributed by atoms with van der Waals surface area (Å²) in [4.78, 5) is 35.8. The molecule has 6 unspecified atom stereocenters. The van der Waals surface area contributed by atoms with E-state index in [2.05, 4.69) is 6.92 Å². The summed E-state index contributed by atoms with van der Waals surface area (Å²) in [6.07, 6.45) is 6.07. The fourth-order valence-electron chi connectivity index (χ4n) is 6.63. The predicted molar refractivity (Wildman–Crippen MR) is 97.2 cm³/mol.